The molecule has 1 aromatic carbocycles. The van der Waals surface area contributed by atoms with Crippen LogP contribution in [0.15, 0.2) is 29.2 Å². The van der Waals surface area contributed by atoms with Gasteiger partial charge in [-0.25, -0.2) is 8.42 Å². The van der Waals surface area contributed by atoms with E-state index >= 15 is 0 Å². The van der Waals surface area contributed by atoms with Crippen molar-refractivity contribution in [3.63, 3.8) is 0 Å². The molecule has 0 radical (unpaired) electrons. The molecule has 1 atom stereocenters. The summed E-state index contributed by atoms with van der Waals surface area (Å²) in [7, 11) is -3.59. The van der Waals surface area contributed by atoms with Gasteiger partial charge in [0.15, 0.2) is 6.10 Å². The molecular weight excluding hydrogens is 340 g/mol. The van der Waals surface area contributed by atoms with Gasteiger partial charge in [0.2, 0.25) is 10.0 Å². The number of piperidine rings is 1. The highest BCUT2D eigenvalue weighted by atomic mass is 35.5. The van der Waals surface area contributed by atoms with Crippen molar-refractivity contribution in [3.8, 4) is 6.07 Å². The van der Waals surface area contributed by atoms with Crippen molar-refractivity contribution in [1.29, 1.82) is 5.26 Å². The van der Waals surface area contributed by atoms with E-state index in [1.54, 1.807) is 0 Å². The van der Waals surface area contributed by atoms with Crippen molar-refractivity contribution in [1.82, 2.24) is 4.31 Å². The molecule has 1 saturated heterocycles. The van der Waals surface area contributed by atoms with Gasteiger partial charge in [0.1, 0.15) is 6.07 Å². The Bertz CT molecular complexity index is 704. The van der Waals surface area contributed by atoms with Gasteiger partial charge in [-0.15, -0.1) is 0 Å². The average molecular weight is 357 g/mol. The van der Waals surface area contributed by atoms with E-state index in [-0.39, 0.29) is 23.9 Å². The zero-order chi connectivity index (χ0) is 17.0. The number of sulfonamides is 1. The second kappa shape index (κ2) is 7.30. The lowest BCUT2D eigenvalue weighted by Crippen LogP contribution is -2.40. The first kappa shape index (κ1) is 17.7. The minimum absolute atomic E-state index is 0.182. The van der Waals surface area contributed by atoms with E-state index < -0.39 is 22.1 Å². The molecule has 1 aliphatic rings. The first-order valence-electron chi connectivity index (χ1n) is 7.20. The van der Waals surface area contributed by atoms with Gasteiger partial charge in [-0.1, -0.05) is 11.6 Å². The van der Waals surface area contributed by atoms with E-state index in [1.807, 2.05) is 6.07 Å². The predicted octanol–water partition coefficient (Wildman–Crippen LogP) is 2.20. The lowest BCUT2D eigenvalue weighted by atomic mass is 9.98. The number of ether oxygens (including phenoxy) is 1. The van der Waals surface area contributed by atoms with E-state index in [0.717, 1.165) is 0 Å². The van der Waals surface area contributed by atoms with Crippen LogP contribution in [0.4, 0.5) is 0 Å². The largest absolute Gasteiger partial charge is 0.447 e. The smallest absolute Gasteiger partial charge is 0.310 e. The topological polar surface area (TPSA) is 87.5 Å². The zero-order valence-corrected chi connectivity index (χ0v) is 14.2. The Labute approximate surface area is 140 Å². The molecule has 0 spiro atoms. The minimum Gasteiger partial charge on any atom is -0.447 e. The van der Waals surface area contributed by atoms with Gasteiger partial charge in [0, 0.05) is 18.1 Å². The highest BCUT2D eigenvalue weighted by molar-refractivity contribution is 7.89. The molecular formula is C15H17ClN2O4S. The molecule has 0 bridgehead atoms. The van der Waals surface area contributed by atoms with Crippen molar-refractivity contribution in [2.24, 2.45) is 5.92 Å². The molecule has 1 heterocycles. The Morgan fingerprint density at radius 3 is 2.43 bits per heavy atom. The molecule has 1 aliphatic heterocycles. The summed E-state index contributed by atoms with van der Waals surface area (Å²) in [5.74, 6) is -0.815. The number of carbonyl (C=O) groups excluding carboxylic acids is 1. The third kappa shape index (κ3) is 4.22. The van der Waals surface area contributed by atoms with Crippen LogP contribution in [0.3, 0.4) is 0 Å². The first-order valence-corrected chi connectivity index (χ1v) is 9.02. The quantitative estimate of drug-likeness (QED) is 0.772. The van der Waals surface area contributed by atoms with E-state index in [9.17, 15) is 13.2 Å². The van der Waals surface area contributed by atoms with Crippen molar-refractivity contribution in [2.45, 2.75) is 30.8 Å². The normalized spacial score (nSPS) is 18.1. The third-order valence-electron chi connectivity index (χ3n) is 3.71. The van der Waals surface area contributed by atoms with Crippen molar-refractivity contribution < 1.29 is 17.9 Å². The van der Waals surface area contributed by atoms with Crippen molar-refractivity contribution in [3.05, 3.63) is 29.3 Å². The molecule has 23 heavy (non-hydrogen) atoms. The lowest BCUT2D eigenvalue weighted by molar-refractivity contribution is -0.152. The SMILES string of the molecule is C[C@H](C#N)OC(=O)C1CCN(S(=O)(=O)c2ccc(Cl)cc2)CC1. The van der Waals surface area contributed by atoms with Crippen LogP contribution in [-0.4, -0.2) is 37.9 Å². The molecule has 8 heteroatoms. The third-order valence-corrected chi connectivity index (χ3v) is 5.88. The molecule has 124 valence electrons. The van der Waals surface area contributed by atoms with E-state index in [1.165, 1.54) is 35.5 Å². The van der Waals surface area contributed by atoms with Crippen LogP contribution in [0.5, 0.6) is 0 Å². The summed E-state index contributed by atoms with van der Waals surface area (Å²) in [5.41, 5.74) is 0. The maximum absolute atomic E-state index is 12.5. The van der Waals surface area contributed by atoms with Gasteiger partial charge >= 0.3 is 5.97 Å². The fourth-order valence-electron chi connectivity index (χ4n) is 2.38. The maximum Gasteiger partial charge on any atom is 0.310 e. The van der Waals surface area contributed by atoms with Crippen LogP contribution < -0.4 is 0 Å². The van der Waals surface area contributed by atoms with Gasteiger partial charge in [-0.3, -0.25) is 4.79 Å². The molecule has 1 fully saturated rings. The summed E-state index contributed by atoms with van der Waals surface area (Å²) in [6.07, 6.45) is -0.0357. The first-order chi connectivity index (χ1) is 10.8. The van der Waals surface area contributed by atoms with Crippen molar-refractivity contribution in [2.75, 3.05) is 13.1 Å². The number of esters is 1. The average Bonchev–Trinajstić information content (AvgIpc) is 2.55. The van der Waals surface area contributed by atoms with Gasteiger partial charge in [0.25, 0.3) is 0 Å². The number of benzene rings is 1. The molecule has 0 unspecified atom stereocenters. The fraction of sp³-hybridized carbons (Fsp3) is 0.467. The number of nitrogens with zero attached hydrogens (tertiary/aromatic N) is 2. The van der Waals surface area contributed by atoms with E-state index in [4.69, 9.17) is 21.6 Å². The zero-order valence-electron chi connectivity index (χ0n) is 12.6. The molecule has 0 aliphatic carbocycles. The predicted molar refractivity (Wildman–Crippen MR) is 84.1 cm³/mol. The maximum atomic E-state index is 12.5. The minimum atomic E-state index is -3.59. The number of rotatable bonds is 4. The summed E-state index contributed by atoms with van der Waals surface area (Å²) in [5, 5.41) is 9.12. The molecule has 2 rings (SSSR count). The second-order valence-corrected chi connectivity index (χ2v) is 7.71. The van der Waals surface area contributed by atoms with Crippen molar-refractivity contribution >= 4 is 27.6 Å². The Kier molecular flexibility index (Phi) is 5.63. The molecule has 0 saturated carbocycles. The standard InChI is InChI=1S/C15H17ClN2O4S/c1-11(10-17)22-15(19)12-6-8-18(9-7-12)23(20,21)14-4-2-13(16)3-5-14/h2-5,11-12H,6-9H2,1H3/t11-/m1/s1. The van der Waals surface area contributed by atoms with Crippen LogP contribution in [0.25, 0.3) is 0 Å². The highest BCUT2D eigenvalue weighted by Gasteiger charge is 2.33. The summed E-state index contributed by atoms with van der Waals surface area (Å²) in [6, 6.07) is 7.82. The number of hydrogen-bond acceptors (Lipinski definition) is 5. The van der Waals surface area contributed by atoms with Gasteiger partial charge in [-0.2, -0.15) is 9.57 Å². The molecule has 0 amide bonds. The number of carbonyl (C=O) groups is 1. The fourth-order valence-corrected chi connectivity index (χ4v) is 3.98. The van der Waals surface area contributed by atoms with Crippen LogP contribution in [-0.2, 0) is 19.6 Å². The number of hydrogen-bond donors (Lipinski definition) is 0. The van der Waals surface area contributed by atoms with Crippen LogP contribution >= 0.6 is 11.6 Å². The van der Waals surface area contributed by atoms with Gasteiger partial charge in [-0.05, 0) is 44.0 Å². The Hall–Kier alpha value is -1.62. The molecule has 0 N–H and O–H groups in total. The molecule has 1 aromatic rings. The van der Waals surface area contributed by atoms with Gasteiger partial charge < -0.3 is 4.74 Å². The number of nitriles is 1. The summed E-state index contributed by atoms with van der Waals surface area (Å²) in [4.78, 5) is 12.1. The summed E-state index contributed by atoms with van der Waals surface area (Å²) >= 11 is 5.77. The van der Waals surface area contributed by atoms with Crippen LogP contribution in [0.1, 0.15) is 19.8 Å². The lowest BCUT2D eigenvalue weighted by Gasteiger charge is -2.30. The number of halogens is 1. The van der Waals surface area contributed by atoms with E-state index in [0.29, 0.717) is 17.9 Å². The monoisotopic (exact) mass is 356 g/mol. The molecule has 0 aromatic heterocycles. The van der Waals surface area contributed by atoms with Crippen LogP contribution in [0, 0.1) is 17.2 Å². The Balaban J connectivity index is 2.00. The Morgan fingerprint density at radius 1 is 1.35 bits per heavy atom. The second-order valence-electron chi connectivity index (χ2n) is 5.34. The summed E-state index contributed by atoms with van der Waals surface area (Å²) < 4.78 is 31.4. The highest BCUT2D eigenvalue weighted by Crippen LogP contribution is 2.25. The van der Waals surface area contributed by atoms with Crippen LogP contribution in [0.2, 0.25) is 5.02 Å². The van der Waals surface area contributed by atoms with Gasteiger partial charge in [0.05, 0.1) is 10.8 Å². The Morgan fingerprint density at radius 2 is 1.91 bits per heavy atom. The summed E-state index contributed by atoms with van der Waals surface area (Å²) in [6.45, 7) is 1.98. The molecule has 6 nitrogen and oxygen atoms in total. The van der Waals surface area contributed by atoms with E-state index in [2.05, 4.69) is 0 Å².